The molecule has 0 N–H and O–H groups in total. The van der Waals surface area contributed by atoms with Crippen LogP contribution in [0.3, 0.4) is 0 Å². The van der Waals surface area contributed by atoms with E-state index in [-0.39, 0.29) is 116 Å². The number of para-hydroxylation sites is 1. The lowest BCUT2D eigenvalue weighted by atomic mass is 9.56. The van der Waals surface area contributed by atoms with E-state index in [0.717, 1.165) is 49.4 Å². The van der Waals surface area contributed by atoms with Crippen LogP contribution in [-0.4, -0.2) is 129 Å². The molecule has 0 saturated heterocycles. The van der Waals surface area contributed by atoms with Gasteiger partial charge >= 0.3 is 0 Å². The van der Waals surface area contributed by atoms with Gasteiger partial charge in [0.2, 0.25) is 0 Å². The summed E-state index contributed by atoms with van der Waals surface area (Å²) in [6.07, 6.45) is 0. The van der Waals surface area contributed by atoms with Gasteiger partial charge in [0.15, 0.2) is 17.5 Å². The average Bonchev–Trinajstić information content (AvgIpc) is 3.91. The lowest BCUT2D eigenvalue weighted by molar-refractivity contribution is 0.668. The molecular formula is C51H18B14N4O. The minimum atomic E-state index is -0.101. The van der Waals surface area contributed by atoms with Crippen LogP contribution in [-0.2, 0) is 0 Å². The first-order valence-electron chi connectivity index (χ1n) is 21.7. The number of furan rings is 1. The standard InChI is InChI=1S/C51H18B14N4O/c52-35-31(32-37(54)43(60)47(64)44(61)38(32)55)36(53)42(59)39(56)33(35)50-66-49(67-51(68-50)34-40(57)45(62)48(65)46(63)41(34)58)21-11-14-25-26-15-12-22(18-30(26)70-29(25)17-21)69-27-9-5-4-8-23(27)24-13-10-20(16-28(24)69)19-6-2-1-3-7-19/h1-18H. The summed E-state index contributed by atoms with van der Waals surface area (Å²) in [6, 6.07) is 36.9. The average molecular weight is 854 g/mol. The highest BCUT2D eigenvalue weighted by atomic mass is 16.3. The molecule has 0 aliphatic carbocycles. The molecule has 0 unspecified atom stereocenters. The molecule has 0 bridgehead atoms. The van der Waals surface area contributed by atoms with E-state index in [2.05, 4.69) is 59.2 Å². The highest BCUT2D eigenvalue weighted by Gasteiger charge is 2.25. The largest absolute Gasteiger partial charge is 0.456 e. The first kappa shape index (κ1) is 45.7. The Hall–Kier alpha value is -6.72. The van der Waals surface area contributed by atoms with Crippen molar-refractivity contribution in [1.82, 2.24) is 19.5 Å². The number of hydrogen-bond donors (Lipinski definition) is 0. The van der Waals surface area contributed by atoms with E-state index in [1.165, 1.54) is 0 Å². The van der Waals surface area contributed by atoms with E-state index in [9.17, 15) is 0 Å². The monoisotopic (exact) mass is 856 g/mol. The molecule has 0 aliphatic rings. The Morgan fingerprint density at radius 1 is 0.300 bits per heavy atom. The van der Waals surface area contributed by atoms with Gasteiger partial charge in [0, 0.05) is 50.0 Å². The van der Waals surface area contributed by atoms with Crippen LogP contribution in [0.25, 0.3) is 106 Å². The van der Waals surface area contributed by atoms with Crippen molar-refractivity contribution in [3.05, 3.63) is 109 Å². The van der Waals surface area contributed by atoms with Gasteiger partial charge in [-0.15, -0.1) is 38.2 Å². The molecule has 3 aromatic heterocycles. The second-order valence-electron chi connectivity index (χ2n) is 17.0. The molecule has 0 amide bonds. The summed E-state index contributed by atoms with van der Waals surface area (Å²) >= 11 is 0. The number of hydrogen-bond acceptors (Lipinski definition) is 4. The summed E-state index contributed by atoms with van der Waals surface area (Å²) in [4.78, 5) is 14.6. The molecule has 28 radical (unpaired) electrons. The van der Waals surface area contributed by atoms with Crippen molar-refractivity contribution in [3.8, 4) is 62.1 Å². The lowest BCUT2D eigenvalue weighted by Gasteiger charge is -2.28. The minimum absolute atomic E-state index is 0.0107. The van der Waals surface area contributed by atoms with Crippen LogP contribution in [0.5, 0.6) is 0 Å². The van der Waals surface area contributed by atoms with E-state index < -0.39 is 0 Å². The molecule has 0 atom stereocenters. The Labute approximate surface area is 422 Å². The number of nitrogens with zero attached hydrogens (tertiary/aromatic N) is 4. The first-order chi connectivity index (χ1) is 33.5. The molecule has 19 heteroatoms. The van der Waals surface area contributed by atoms with Crippen molar-refractivity contribution in [2.75, 3.05) is 0 Å². The first-order valence-corrected chi connectivity index (χ1v) is 21.7. The van der Waals surface area contributed by atoms with Crippen LogP contribution >= 0.6 is 0 Å². The topological polar surface area (TPSA) is 56.7 Å². The summed E-state index contributed by atoms with van der Waals surface area (Å²) in [5.41, 5.74) is 6.39. The van der Waals surface area contributed by atoms with Crippen molar-refractivity contribution in [1.29, 1.82) is 0 Å². The molecule has 11 rings (SSSR count). The fraction of sp³-hybridized carbons (Fsp3) is 0. The zero-order valence-corrected chi connectivity index (χ0v) is 37.2. The highest BCUT2D eigenvalue weighted by molar-refractivity contribution is 6.71. The third kappa shape index (κ3) is 6.93. The maximum absolute atomic E-state index is 7.00. The molecule has 0 fully saturated rings. The van der Waals surface area contributed by atoms with Gasteiger partial charge in [-0.2, -0.15) is 0 Å². The van der Waals surface area contributed by atoms with Gasteiger partial charge < -0.3 is 8.98 Å². The van der Waals surface area contributed by atoms with E-state index in [4.69, 9.17) is 129 Å². The maximum atomic E-state index is 7.00. The fourth-order valence-corrected chi connectivity index (χ4v) is 9.38. The van der Waals surface area contributed by atoms with Crippen LogP contribution in [0.2, 0.25) is 0 Å². The summed E-state index contributed by atoms with van der Waals surface area (Å²) in [7, 11) is 90.8. The Kier molecular flexibility index (Phi) is 11.1. The molecule has 70 heavy (non-hydrogen) atoms. The zero-order chi connectivity index (χ0) is 49.2. The van der Waals surface area contributed by atoms with Crippen molar-refractivity contribution in [2.24, 2.45) is 0 Å². The number of benzene rings is 8. The maximum Gasteiger partial charge on any atom is 0.164 e. The molecule has 0 saturated carbocycles. The van der Waals surface area contributed by atoms with Crippen molar-refractivity contribution in [2.45, 2.75) is 0 Å². The molecule has 5 nitrogen and oxygen atoms in total. The van der Waals surface area contributed by atoms with E-state index in [1.54, 1.807) is 6.07 Å². The van der Waals surface area contributed by atoms with Gasteiger partial charge in [0.05, 0.1) is 11.0 Å². The van der Waals surface area contributed by atoms with Gasteiger partial charge in [0.1, 0.15) is 121 Å². The van der Waals surface area contributed by atoms with Crippen molar-refractivity contribution >= 4 is 230 Å². The summed E-state index contributed by atoms with van der Waals surface area (Å²) in [6.45, 7) is 0. The molecule has 3 heterocycles. The highest BCUT2D eigenvalue weighted by Crippen LogP contribution is 2.38. The number of rotatable bonds is 6. The number of aromatic nitrogens is 4. The van der Waals surface area contributed by atoms with Crippen LogP contribution in [0, 0.1) is 0 Å². The Balaban J connectivity index is 1.11. The van der Waals surface area contributed by atoms with Crippen LogP contribution in [0.15, 0.2) is 114 Å². The van der Waals surface area contributed by atoms with E-state index >= 15 is 0 Å². The smallest absolute Gasteiger partial charge is 0.164 e. The quantitative estimate of drug-likeness (QED) is 0.162. The van der Waals surface area contributed by atoms with Crippen molar-refractivity contribution < 1.29 is 4.42 Å². The predicted molar refractivity (Wildman–Crippen MR) is 304 cm³/mol. The normalized spacial score (nSPS) is 11.7. The SMILES string of the molecule is [B]c1c([B])c([B])c(-c2nc(-c3ccc4c(c3)oc3cc(-n5c6ccccc6c6ccc(-c7ccccc7)cc65)ccc34)nc(-c3c([B])c([B])c([B])c(-c4c([B])c([B])c([B])c([B])c4[B])c3[B])n2)c([B])c1[B]. The molecular weight excluding hydrogens is 836 g/mol. The van der Waals surface area contributed by atoms with Gasteiger partial charge in [0.25, 0.3) is 0 Å². The molecule has 0 aliphatic heterocycles. The Bertz CT molecular complexity index is 4020. The van der Waals surface area contributed by atoms with Gasteiger partial charge in [-0.25, -0.2) is 15.0 Å². The Morgan fingerprint density at radius 3 is 1.34 bits per heavy atom. The van der Waals surface area contributed by atoms with Crippen molar-refractivity contribution in [3.63, 3.8) is 0 Å². The van der Waals surface area contributed by atoms with E-state index in [1.807, 2.05) is 48.5 Å². The molecule has 8 aromatic carbocycles. The lowest BCUT2D eigenvalue weighted by Crippen LogP contribution is -2.57. The second-order valence-corrected chi connectivity index (χ2v) is 17.0. The fourth-order valence-electron chi connectivity index (χ4n) is 9.38. The van der Waals surface area contributed by atoms with E-state index in [0.29, 0.717) is 16.7 Å². The van der Waals surface area contributed by atoms with Gasteiger partial charge in [-0.1, -0.05) is 105 Å². The zero-order valence-electron chi connectivity index (χ0n) is 37.2. The summed E-state index contributed by atoms with van der Waals surface area (Å²) in [5, 5.41) is 3.98. The third-order valence-electron chi connectivity index (χ3n) is 13.1. The molecule has 0 spiro atoms. The Morgan fingerprint density at radius 2 is 0.729 bits per heavy atom. The minimum Gasteiger partial charge on any atom is -0.456 e. The third-order valence-corrected chi connectivity index (χ3v) is 13.1. The van der Waals surface area contributed by atoms with Crippen LogP contribution in [0.4, 0.5) is 0 Å². The number of fused-ring (bicyclic) bond motifs is 6. The van der Waals surface area contributed by atoms with Gasteiger partial charge in [-0.05, 0) is 58.7 Å². The second kappa shape index (κ2) is 17.0. The summed E-state index contributed by atoms with van der Waals surface area (Å²) < 4.78 is 8.92. The molecule has 11 aromatic rings. The van der Waals surface area contributed by atoms with Gasteiger partial charge in [-0.3, -0.25) is 0 Å². The summed E-state index contributed by atoms with van der Waals surface area (Å²) in [5.74, 6) is -0.0636. The van der Waals surface area contributed by atoms with Crippen LogP contribution in [0.1, 0.15) is 0 Å². The van der Waals surface area contributed by atoms with Crippen LogP contribution < -0.4 is 76.5 Å². The predicted octanol–water partition coefficient (Wildman–Crippen LogP) is -3.68. The molecule has 290 valence electrons.